The van der Waals surface area contributed by atoms with Crippen LogP contribution >= 0.6 is 0 Å². The van der Waals surface area contributed by atoms with Crippen LogP contribution < -0.4 is 5.73 Å². The lowest BCUT2D eigenvalue weighted by Gasteiger charge is -2.56. The molecule has 3 fully saturated rings. The monoisotopic (exact) mass is 516 g/mol. The molecule has 1 aromatic carbocycles. The lowest BCUT2D eigenvalue weighted by Crippen LogP contribution is -2.66. The summed E-state index contributed by atoms with van der Waals surface area (Å²) in [7, 11) is 0. The lowest BCUT2D eigenvalue weighted by molar-refractivity contribution is -0.143. The summed E-state index contributed by atoms with van der Waals surface area (Å²) in [6, 6.07) is 8.32. The number of nitrogens with zero attached hydrogens (tertiary/aromatic N) is 2. The van der Waals surface area contributed by atoms with Crippen LogP contribution in [0.4, 0.5) is 0 Å². The number of carboxylic acids is 2. The predicted molar refractivity (Wildman–Crippen MR) is 140 cm³/mol. The Labute approximate surface area is 217 Å². The van der Waals surface area contributed by atoms with Gasteiger partial charge in [-0.15, -0.1) is 0 Å². The molecule has 3 aliphatic heterocycles. The predicted octanol–water partition coefficient (Wildman–Crippen LogP) is 1.91. The van der Waals surface area contributed by atoms with Crippen molar-refractivity contribution < 1.29 is 29.7 Å². The van der Waals surface area contributed by atoms with Crippen LogP contribution in [0.5, 0.6) is 0 Å². The summed E-state index contributed by atoms with van der Waals surface area (Å²) in [6.45, 7) is 5.00. The number of carbonyl (C=O) groups excluding carboxylic acids is 1. The van der Waals surface area contributed by atoms with Gasteiger partial charge in [-0.05, 0) is 55.7 Å². The van der Waals surface area contributed by atoms with Crippen LogP contribution in [-0.2, 0) is 20.8 Å². The van der Waals surface area contributed by atoms with Gasteiger partial charge in [-0.2, -0.15) is 0 Å². The van der Waals surface area contributed by atoms with Crippen LogP contribution in [0.2, 0.25) is 0 Å². The molecule has 0 spiro atoms. The molecule has 0 saturated carbocycles. The Kier molecular flexibility index (Phi) is 10.1. The van der Waals surface area contributed by atoms with E-state index in [2.05, 4.69) is 16.0 Å². The number of hydrogen-bond donors (Lipinski definition) is 5. The summed E-state index contributed by atoms with van der Waals surface area (Å²) in [5, 5.41) is 26.1. The molecule has 3 aliphatic rings. The molecule has 5 atom stereocenters. The fourth-order valence-electron chi connectivity index (χ4n) is 6.20. The summed E-state index contributed by atoms with van der Waals surface area (Å²) in [5.41, 5.74) is 8.60. The standard InChI is InChI=1S/C23H32N4O2.2C2H4O2/c24-19(10-15-11-25-20-6-2-1-5-18(15)20)23(29)26-12-16-9-17(13-26)22(14-28)27-8-4-3-7-21(16)27;2*1-2(3)4/h1-2,5-6,11,16-17,19,21-22,25,28H,3-4,7-10,12-14,24H2;2*1H3,(H,3,4)/t16-,17+,19-,21+,22+;;/m1../s1. The molecule has 37 heavy (non-hydrogen) atoms. The molecule has 204 valence electrons. The Morgan fingerprint density at radius 2 is 1.73 bits per heavy atom. The summed E-state index contributed by atoms with van der Waals surface area (Å²) in [4.78, 5) is 39.1. The molecule has 1 amide bonds. The van der Waals surface area contributed by atoms with Gasteiger partial charge in [0.25, 0.3) is 11.9 Å². The van der Waals surface area contributed by atoms with Gasteiger partial charge in [0.1, 0.15) is 0 Å². The third-order valence-corrected chi connectivity index (χ3v) is 7.55. The number of amides is 1. The Balaban J connectivity index is 0.000000420. The zero-order valence-corrected chi connectivity index (χ0v) is 21.7. The van der Waals surface area contributed by atoms with E-state index in [-0.39, 0.29) is 18.6 Å². The average Bonchev–Trinajstić information content (AvgIpc) is 3.26. The van der Waals surface area contributed by atoms with E-state index in [1.807, 2.05) is 29.3 Å². The van der Waals surface area contributed by atoms with Crippen molar-refractivity contribution >= 4 is 28.7 Å². The molecule has 0 aliphatic carbocycles. The normalized spacial score (nSPS) is 25.6. The van der Waals surface area contributed by atoms with E-state index >= 15 is 0 Å². The number of rotatable bonds is 4. The number of benzene rings is 1. The Morgan fingerprint density at radius 1 is 1.08 bits per heavy atom. The number of nitrogens with two attached hydrogens (primary N) is 1. The van der Waals surface area contributed by atoms with E-state index in [1.165, 1.54) is 19.3 Å². The molecule has 0 radical (unpaired) electrons. The number of aliphatic hydroxyl groups is 1. The third kappa shape index (κ3) is 7.30. The number of piperidine rings is 3. The molecule has 10 heteroatoms. The van der Waals surface area contributed by atoms with E-state index in [9.17, 15) is 9.90 Å². The van der Waals surface area contributed by atoms with Gasteiger partial charge in [-0.1, -0.05) is 24.6 Å². The molecule has 1 aromatic heterocycles. The van der Waals surface area contributed by atoms with Crippen molar-refractivity contribution in [1.82, 2.24) is 14.8 Å². The van der Waals surface area contributed by atoms with Gasteiger partial charge in [0.2, 0.25) is 5.91 Å². The third-order valence-electron chi connectivity index (χ3n) is 7.55. The molecule has 0 unspecified atom stereocenters. The molecular weight excluding hydrogens is 476 g/mol. The van der Waals surface area contributed by atoms with Crippen molar-refractivity contribution in [1.29, 1.82) is 0 Å². The number of carbonyl (C=O) groups is 3. The summed E-state index contributed by atoms with van der Waals surface area (Å²) in [5.74, 6) is -0.732. The van der Waals surface area contributed by atoms with E-state index in [1.54, 1.807) is 0 Å². The molecule has 4 heterocycles. The van der Waals surface area contributed by atoms with Crippen LogP contribution in [-0.4, -0.2) is 92.3 Å². The number of aromatic nitrogens is 1. The van der Waals surface area contributed by atoms with Gasteiger partial charge in [0.15, 0.2) is 0 Å². The second-order valence-corrected chi connectivity index (χ2v) is 10.3. The molecule has 2 bridgehead atoms. The van der Waals surface area contributed by atoms with Crippen LogP contribution in [0, 0.1) is 11.8 Å². The number of fused-ring (bicyclic) bond motifs is 5. The maximum absolute atomic E-state index is 13.3. The average molecular weight is 517 g/mol. The number of para-hydroxylation sites is 1. The second-order valence-electron chi connectivity index (χ2n) is 10.3. The topological polar surface area (TPSA) is 160 Å². The summed E-state index contributed by atoms with van der Waals surface area (Å²) >= 11 is 0. The highest BCUT2D eigenvalue weighted by atomic mass is 16.4. The van der Waals surface area contributed by atoms with Crippen LogP contribution in [0.25, 0.3) is 10.9 Å². The molecular formula is C27H40N4O6. The number of nitrogens with one attached hydrogen (secondary N) is 1. The molecule has 2 aromatic rings. The minimum absolute atomic E-state index is 0.0610. The minimum atomic E-state index is -0.833. The van der Waals surface area contributed by atoms with Crippen LogP contribution in [0.3, 0.4) is 0 Å². The molecule has 6 N–H and O–H groups in total. The first-order chi connectivity index (χ1) is 17.6. The number of H-pyrrole nitrogens is 1. The zero-order chi connectivity index (χ0) is 27.1. The van der Waals surface area contributed by atoms with Crippen LogP contribution in [0.15, 0.2) is 30.5 Å². The minimum Gasteiger partial charge on any atom is -0.481 e. The van der Waals surface area contributed by atoms with Crippen molar-refractivity contribution in [2.45, 2.75) is 64.1 Å². The number of aliphatic carboxylic acids is 2. The van der Waals surface area contributed by atoms with Gasteiger partial charge in [0.05, 0.1) is 12.6 Å². The summed E-state index contributed by atoms with van der Waals surface area (Å²) in [6.07, 6.45) is 7.34. The first-order valence-electron chi connectivity index (χ1n) is 13.0. The van der Waals surface area contributed by atoms with Gasteiger partial charge in [-0.25, -0.2) is 0 Å². The zero-order valence-electron chi connectivity index (χ0n) is 21.7. The first-order valence-corrected chi connectivity index (χ1v) is 13.0. The van der Waals surface area contributed by atoms with Crippen molar-refractivity contribution in [2.24, 2.45) is 17.6 Å². The van der Waals surface area contributed by atoms with Crippen LogP contribution in [0.1, 0.15) is 45.1 Å². The number of hydrogen-bond acceptors (Lipinski definition) is 6. The maximum Gasteiger partial charge on any atom is 0.300 e. The molecule has 5 rings (SSSR count). The van der Waals surface area contributed by atoms with Gasteiger partial charge >= 0.3 is 0 Å². The lowest BCUT2D eigenvalue weighted by atomic mass is 9.72. The van der Waals surface area contributed by atoms with Crippen molar-refractivity contribution in [3.8, 4) is 0 Å². The number of likely N-dealkylation sites (tertiary alicyclic amines) is 1. The highest BCUT2D eigenvalue weighted by Crippen LogP contribution is 2.41. The fourth-order valence-corrected chi connectivity index (χ4v) is 6.20. The van der Waals surface area contributed by atoms with E-state index in [0.717, 1.165) is 56.4 Å². The van der Waals surface area contributed by atoms with E-state index in [4.69, 9.17) is 25.5 Å². The summed E-state index contributed by atoms with van der Waals surface area (Å²) < 4.78 is 0. The number of aliphatic hydroxyl groups excluding tert-OH is 1. The maximum atomic E-state index is 13.3. The van der Waals surface area contributed by atoms with Crippen molar-refractivity contribution in [3.63, 3.8) is 0 Å². The Hall–Kier alpha value is -2.95. The van der Waals surface area contributed by atoms with Gasteiger partial charge in [0, 0.05) is 56.1 Å². The fraction of sp³-hybridized carbons (Fsp3) is 0.593. The largest absolute Gasteiger partial charge is 0.481 e. The van der Waals surface area contributed by atoms with E-state index in [0.29, 0.717) is 24.3 Å². The molecule has 3 saturated heterocycles. The highest BCUT2D eigenvalue weighted by molar-refractivity contribution is 5.86. The van der Waals surface area contributed by atoms with Crippen molar-refractivity contribution in [3.05, 3.63) is 36.0 Å². The Morgan fingerprint density at radius 3 is 2.41 bits per heavy atom. The number of aromatic amines is 1. The molecule has 10 nitrogen and oxygen atoms in total. The highest BCUT2D eigenvalue weighted by Gasteiger charge is 2.48. The van der Waals surface area contributed by atoms with Crippen molar-refractivity contribution in [2.75, 3.05) is 26.2 Å². The van der Waals surface area contributed by atoms with E-state index < -0.39 is 18.0 Å². The Bertz CT molecular complexity index is 1040. The smallest absolute Gasteiger partial charge is 0.300 e. The van der Waals surface area contributed by atoms with Gasteiger partial charge < -0.3 is 30.9 Å². The second kappa shape index (κ2) is 13.0. The quantitative estimate of drug-likeness (QED) is 0.412. The number of carboxylic acid groups (broad SMARTS) is 2. The van der Waals surface area contributed by atoms with Gasteiger partial charge in [-0.3, -0.25) is 19.3 Å². The first kappa shape index (κ1) is 28.6. The SMILES string of the molecule is CC(=O)O.CC(=O)O.N[C@H](Cc1c[nH]c2ccccc12)C(=O)N1C[C@H]2C[C@@H](C1)[C@H](CO)N1CCCC[C@@H]21.